The molecule has 0 radical (unpaired) electrons. The number of allylic oxidation sites excluding steroid dienone is 12. The van der Waals surface area contributed by atoms with Crippen molar-refractivity contribution in [1.82, 2.24) is 0 Å². The SMILES string of the molecule is C[n+]1ccc(C2=C3C=CC(=N3)C(c3cc[n+](C)cc3)=C3C=CC(=N3)C(c3cc[n+](C)cc3)=C3C=CC(=N3)C(c3cc[n+](C)cc3)=C3C=CC2=N3)cc1.Cc1ccc(S(=O)(=O)O)cc1. The molecule has 0 amide bonds. The zero-order valence-electron chi connectivity index (χ0n) is 35.4. The molecule has 308 valence electrons. The van der Waals surface area contributed by atoms with E-state index in [0.29, 0.717) is 0 Å². The highest BCUT2D eigenvalue weighted by Crippen LogP contribution is 2.38. The molecule has 5 aliphatic rings. The standard InChI is InChI=1S/C44H36N8.C7H8O3S/c1-49-21-13-29(14-22-49)41-33-5-7-35(45-33)42(30-15-23-50(2)24-16-30)37-9-11-39(47-37)44(32-19-27-52(4)28-20-32)40-12-10-38(48-40)43(36-8-6-34(41)46-36)31-17-25-51(3)26-18-31;1-6-2-4-7(5-3-6)11(8,9)10/h5-28H,1-4H3;2-5H,1H3,(H,8,9,10)/q+4;. The van der Waals surface area contributed by atoms with Crippen LogP contribution in [0.4, 0.5) is 0 Å². The number of pyridine rings is 4. The van der Waals surface area contributed by atoms with Gasteiger partial charge in [0.1, 0.15) is 28.2 Å². The number of nitrogens with zero attached hydrogens (tertiary/aromatic N) is 8. The van der Waals surface area contributed by atoms with Crippen LogP contribution in [0, 0.1) is 6.92 Å². The summed E-state index contributed by atoms with van der Waals surface area (Å²) in [4.78, 5) is 21.3. The highest BCUT2D eigenvalue weighted by Gasteiger charge is 2.28. The van der Waals surface area contributed by atoms with Crippen LogP contribution < -0.4 is 18.3 Å². The number of fused-ring (bicyclic) bond motifs is 4. The average molecular weight is 849 g/mol. The number of hydrogen-bond donors (Lipinski definition) is 1. The average Bonchev–Trinajstić information content (AvgIpc) is 4.12. The van der Waals surface area contributed by atoms with Gasteiger partial charge in [-0.05, 0) is 89.9 Å². The van der Waals surface area contributed by atoms with Gasteiger partial charge in [-0.2, -0.15) is 8.42 Å². The lowest BCUT2D eigenvalue weighted by atomic mass is 9.99. The van der Waals surface area contributed by atoms with E-state index in [4.69, 9.17) is 24.5 Å². The maximum atomic E-state index is 10.5. The zero-order chi connectivity index (χ0) is 43.8. The van der Waals surface area contributed by atoms with Crippen molar-refractivity contribution < 1.29 is 31.2 Å². The number of hydrogen-bond acceptors (Lipinski definition) is 6. The molecule has 10 rings (SSSR count). The first kappa shape index (κ1) is 40.7. The summed E-state index contributed by atoms with van der Waals surface area (Å²) in [5.41, 5.74) is 15.7. The second-order valence-corrected chi connectivity index (χ2v) is 17.1. The summed E-state index contributed by atoms with van der Waals surface area (Å²) in [5, 5.41) is 0. The third-order valence-electron chi connectivity index (χ3n) is 11.0. The Balaban J connectivity index is 0.000000402. The van der Waals surface area contributed by atoms with Crippen LogP contribution >= 0.6 is 0 Å². The number of aliphatic imine (C=N–C) groups is 4. The monoisotopic (exact) mass is 848 g/mol. The molecule has 8 bridgehead atoms. The maximum absolute atomic E-state index is 10.5. The Labute approximate surface area is 366 Å². The van der Waals surface area contributed by atoms with Crippen molar-refractivity contribution in [3.63, 3.8) is 0 Å². The molecule has 0 atom stereocenters. The predicted octanol–water partition coefficient (Wildman–Crippen LogP) is 6.23. The lowest BCUT2D eigenvalue weighted by Crippen LogP contribution is -2.26. The van der Waals surface area contributed by atoms with E-state index < -0.39 is 10.1 Å². The van der Waals surface area contributed by atoms with E-state index >= 15 is 0 Å². The third-order valence-corrected chi connectivity index (χ3v) is 11.9. The lowest BCUT2D eigenvalue weighted by molar-refractivity contribution is -0.671. The number of rotatable bonds is 5. The molecule has 1 N–H and O–H groups in total. The molecule has 63 heavy (non-hydrogen) atoms. The summed E-state index contributed by atoms with van der Waals surface area (Å²) in [6, 6.07) is 23.0. The molecule has 9 heterocycles. The van der Waals surface area contributed by atoms with Crippen LogP contribution in [0.1, 0.15) is 27.8 Å². The van der Waals surface area contributed by atoms with E-state index in [2.05, 4.69) is 147 Å². The molecular weight excluding hydrogens is 805 g/mol. The molecule has 5 aliphatic heterocycles. The Morgan fingerprint density at radius 2 is 0.619 bits per heavy atom. The number of benzene rings is 1. The molecule has 11 nitrogen and oxygen atoms in total. The minimum absolute atomic E-state index is 0.0666. The van der Waals surface area contributed by atoms with Crippen molar-refractivity contribution in [3.8, 4) is 0 Å². The predicted molar refractivity (Wildman–Crippen MR) is 245 cm³/mol. The van der Waals surface area contributed by atoms with Gasteiger partial charge in [0, 0.05) is 70.8 Å². The normalized spacial score (nSPS) is 16.4. The zero-order valence-corrected chi connectivity index (χ0v) is 36.2. The molecular formula is C51H44N8O3S+4. The first-order valence-corrected chi connectivity index (χ1v) is 21.7. The van der Waals surface area contributed by atoms with Crippen LogP contribution in [-0.4, -0.2) is 35.8 Å². The molecule has 0 saturated heterocycles. The van der Waals surface area contributed by atoms with E-state index in [0.717, 1.165) is 95.7 Å². The molecule has 0 aliphatic carbocycles. The topological polar surface area (TPSA) is 119 Å². The Morgan fingerprint density at radius 3 is 0.841 bits per heavy atom. The van der Waals surface area contributed by atoms with Gasteiger partial charge < -0.3 is 0 Å². The smallest absolute Gasteiger partial charge is 0.282 e. The van der Waals surface area contributed by atoms with Crippen molar-refractivity contribution in [2.24, 2.45) is 48.2 Å². The van der Waals surface area contributed by atoms with Crippen molar-refractivity contribution >= 4 is 55.3 Å². The minimum atomic E-state index is -4.02. The second-order valence-electron chi connectivity index (χ2n) is 15.7. The van der Waals surface area contributed by atoms with Gasteiger partial charge in [-0.25, -0.2) is 38.2 Å². The molecule has 4 aromatic heterocycles. The molecule has 0 fully saturated rings. The van der Waals surface area contributed by atoms with Crippen LogP contribution in [0.15, 0.2) is 219 Å². The molecule has 0 unspecified atom stereocenters. The molecule has 0 spiro atoms. The summed E-state index contributed by atoms with van der Waals surface area (Å²) >= 11 is 0. The Morgan fingerprint density at radius 1 is 0.381 bits per heavy atom. The molecule has 1 aromatic carbocycles. The van der Waals surface area contributed by atoms with Gasteiger partial charge >= 0.3 is 0 Å². The molecule has 0 saturated carbocycles. The highest BCUT2D eigenvalue weighted by atomic mass is 32.2. The van der Waals surface area contributed by atoms with Crippen molar-refractivity contribution in [2.45, 2.75) is 11.8 Å². The maximum Gasteiger partial charge on any atom is 0.294 e. The Kier molecular flexibility index (Phi) is 10.8. The van der Waals surface area contributed by atoms with Crippen molar-refractivity contribution in [2.75, 3.05) is 0 Å². The van der Waals surface area contributed by atoms with Gasteiger partial charge in [0.2, 0.25) is 0 Å². The van der Waals surface area contributed by atoms with Gasteiger partial charge in [0.15, 0.2) is 49.6 Å². The number of aryl methyl sites for hydroxylation is 5. The lowest BCUT2D eigenvalue weighted by Gasteiger charge is -2.12. The summed E-state index contributed by atoms with van der Waals surface area (Å²) < 4.78 is 37.7. The van der Waals surface area contributed by atoms with Gasteiger partial charge in [0.05, 0.1) is 50.5 Å². The van der Waals surface area contributed by atoms with E-state index in [1.54, 1.807) is 12.1 Å². The van der Waals surface area contributed by atoms with Crippen molar-refractivity contribution in [1.29, 1.82) is 0 Å². The van der Waals surface area contributed by atoms with Crippen molar-refractivity contribution in [3.05, 3.63) is 222 Å². The van der Waals surface area contributed by atoms with E-state index in [-0.39, 0.29) is 4.90 Å². The van der Waals surface area contributed by atoms with Crippen LogP contribution in [-0.2, 0) is 38.3 Å². The van der Waals surface area contributed by atoms with Gasteiger partial charge in [-0.1, -0.05) is 17.7 Å². The largest absolute Gasteiger partial charge is 0.294 e. The fourth-order valence-electron chi connectivity index (χ4n) is 7.65. The summed E-state index contributed by atoms with van der Waals surface area (Å²) in [6.45, 7) is 1.84. The van der Waals surface area contributed by atoms with Crippen LogP contribution in [0.25, 0.3) is 22.3 Å². The minimum Gasteiger partial charge on any atom is -0.282 e. The highest BCUT2D eigenvalue weighted by molar-refractivity contribution is 7.85. The summed E-state index contributed by atoms with van der Waals surface area (Å²) in [5.74, 6) is 0. The van der Waals surface area contributed by atoms with E-state index in [9.17, 15) is 8.42 Å². The fraction of sp³-hybridized carbons (Fsp3) is 0.0980. The molecule has 12 heteroatoms. The van der Waals surface area contributed by atoms with Gasteiger partial charge in [-0.3, -0.25) is 4.55 Å². The second kappa shape index (κ2) is 16.7. The molecule has 5 aromatic rings. The Bertz CT molecular complexity index is 2850. The van der Waals surface area contributed by atoms with Gasteiger partial charge in [0.25, 0.3) is 10.1 Å². The first-order valence-electron chi connectivity index (χ1n) is 20.3. The number of aromatic nitrogens is 4. The summed E-state index contributed by atoms with van der Waals surface area (Å²) in [7, 11) is 4.08. The van der Waals surface area contributed by atoms with Crippen LogP contribution in [0.2, 0.25) is 0 Å². The van der Waals surface area contributed by atoms with Crippen LogP contribution in [0.3, 0.4) is 0 Å². The quantitative estimate of drug-likeness (QED) is 0.167. The third kappa shape index (κ3) is 8.50. The van der Waals surface area contributed by atoms with E-state index in [1.165, 1.54) is 12.1 Å². The first-order chi connectivity index (χ1) is 30.4. The Hall–Kier alpha value is -7.67. The summed E-state index contributed by atoms with van der Waals surface area (Å²) in [6.07, 6.45) is 33.3. The van der Waals surface area contributed by atoms with Gasteiger partial charge in [-0.15, -0.1) is 0 Å². The van der Waals surface area contributed by atoms with E-state index in [1.807, 2.05) is 53.4 Å². The van der Waals surface area contributed by atoms with Crippen LogP contribution in [0.5, 0.6) is 0 Å². The fourth-order valence-corrected chi connectivity index (χ4v) is 8.13.